The molecule has 0 bridgehead atoms. The van der Waals surface area contributed by atoms with Crippen LogP contribution < -0.4 is 0 Å². The predicted octanol–water partition coefficient (Wildman–Crippen LogP) is 2.99. The van der Waals surface area contributed by atoms with E-state index >= 15 is 0 Å². The molecule has 94 valence electrons. The molecule has 0 fully saturated rings. The van der Waals surface area contributed by atoms with Crippen molar-refractivity contribution in [3.63, 3.8) is 0 Å². The fraction of sp³-hybridized carbons (Fsp3) is 0. The largest absolute Gasteiger partial charge is 0.478 e. The van der Waals surface area contributed by atoms with E-state index in [1.165, 1.54) is 0 Å². The van der Waals surface area contributed by atoms with Crippen molar-refractivity contribution < 1.29 is 19.0 Å². The van der Waals surface area contributed by atoms with E-state index in [4.69, 9.17) is 20.9 Å². The zero-order valence-electron chi connectivity index (χ0n) is 7.80. The third-order valence-electron chi connectivity index (χ3n) is 1.39. The topological polar surface area (TPSA) is 97.5 Å². The lowest BCUT2D eigenvalue weighted by Gasteiger charge is -1.97. The zero-order chi connectivity index (χ0) is 13.6. The van der Waals surface area contributed by atoms with E-state index in [0.29, 0.717) is 0 Å². The van der Waals surface area contributed by atoms with Crippen molar-refractivity contribution in [1.29, 1.82) is 0 Å². The highest BCUT2D eigenvalue weighted by Crippen LogP contribution is 2.22. The molecule has 1 rings (SSSR count). The van der Waals surface area contributed by atoms with Gasteiger partial charge in [0.1, 0.15) is 0 Å². The van der Waals surface area contributed by atoms with E-state index in [9.17, 15) is 14.9 Å². The summed E-state index contributed by atoms with van der Waals surface area (Å²) >= 11 is 5.48. The highest BCUT2D eigenvalue weighted by molar-refractivity contribution is 8.26. The number of halogens is 3. The Morgan fingerprint density at radius 1 is 1.41 bits per heavy atom. The molecule has 6 nitrogen and oxygen atoms in total. The minimum atomic E-state index is -1.67. The van der Waals surface area contributed by atoms with Crippen LogP contribution in [0.5, 0.6) is 0 Å². The molecular formula is C7H4Cl3NO5S. The van der Waals surface area contributed by atoms with Gasteiger partial charge in [-0.25, -0.2) is 9.00 Å². The Kier molecular flexibility index (Phi) is 7.05. The average molecular weight is 321 g/mol. The number of carboxylic acid groups (broad SMARTS) is 1. The monoisotopic (exact) mass is 319 g/mol. The average Bonchev–Trinajstić information content (AvgIpc) is 2.15. The van der Waals surface area contributed by atoms with Crippen LogP contribution in [0.1, 0.15) is 10.4 Å². The third kappa shape index (κ3) is 6.42. The summed E-state index contributed by atoms with van der Waals surface area (Å²) in [7, 11) is 7.36. The number of aromatic carboxylic acids is 1. The van der Waals surface area contributed by atoms with Crippen LogP contribution in [0.2, 0.25) is 5.02 Å². The van der Waals surface area contributed by atoms with Crippen LogP contribution in [0.15, 0.2) is 18.2 Å². The molecule has 0 heterocycles. The molecule has 0 saturated carbocycles. The fourth-order valence-electron chi connectivity index (χ4n) is 0.791. The number of hydrogen-bond donors (Lipinski definition) is 1. The van der Waals surface area contributed by atoms with Crippen LogP contribution in [-0.2, 0) is 9.23 Å². The van der Waals surface area contributed by atoms with E-state index in [0.717, 1.165) is 18.2 Å². The maximum absolute atomic E-state index is 10.4. The SMILES string of the molecule is O=C(O)c1ccc([N+](=O)[O-])cc1Cl.O=S(Cl)Cl. The van der Waals surface area contributed by atoms with Crippen molar-refractivity contribution in [3.8, 4) is 0 Å². The Morgan fingerprint density at radius 3 is 2.18 bits per heavy atom. The maximum atomic E-state index is 10.4. The van der Waals surface area contributed by atoms with Gasteiger partial charge in [-0.1, -0.05) is 11.6 Å². The summed E-state index contributed by atoms with van der Waals surface area (Å²) in [6.45, 7) is 0. The first-order valence-corrected chi connectivity index (χ1v) is 6.85. The van der Waals surface area contributed by atoms with Crippen molar-refractivity contribution in [1.82, 2.24) is 0 Å². The molecule has 0 spiro atoms. The number of nitro benzene ring substituents is 1. The fourth-order valence-corrected chi connectivity index (χ4v) is 1.05. The van der Waals surface area contributed by atoms with Gasteiger partial charge in [0, 0.05) is 33.5 Å². The predicted molar refractivity (Wildman–Crippen MR) is 64.9 cm³/mol. The molecule has 0 aromatic heterocycles. The van der Waals surface area contributed by atoms with Gasteiger partial charge in [-0.15, -0.1) is 0 Å². The maximum Gasteiger partial charge on any atom is 0.337 e. The minimum Gasteiger partial charge on any atom is -0.478 e. The number of benzene rings is 1. The molecule has 0 saturated heterocycles. The second kappa shape index (κ2) is 7.44. The zero-order valence-corrected chi connectivity index (χ0v) is 10.9. The number of non-ortho nitro benzene ring substituents is 1. The molecule has 1 aromatic carbocycles. The summed E-state index contributed by atoms with van der Waals surface area (Å²) in [5, 5.41) is 18.6. The van der Waals surface area contributed by atoms with E-state index < -0.39 is 20.1 Å². The quantitative estimate of drug-likeness (QED) is 0.513. The molecule has 0 aliphatic rings. The molecule has 1 aromatic rings. The first kappa shape index (κ1) is 16.1. The Hall–Kier alpha value is -0.890. The summed E-state index contributed by atoms with van der Waals surface area (Å²) < 4.78 is 9.09. The van der Waals surface area contributed by atoms with Gasteiger partial charge in [-0.2, -0.15) is 0 Å². The lowest BCUT2D eigenvalue weighted by atomic mass is 10.2. The summed E-state index contributed by atoms with van der Waals surface area (Å²) in [6, 6.07) is 3.20. The number of nitro groups is 1. The smallest absolute Gasteiger partial charge is 0.337 e. The second-order valence-corrected chi connectivity index (χ2v) is 5.34. The molecule has 0 radical (unpaired) electrons. The number of carboxylic acids is 1. The van der Waals surface area contributed by atoms with E-state index in [1.807, 2.05) is 0 Å². The normalized spacial score (nSPS) is 9.41. The molecule has 17 heavy (non-hydrogen) atoms. The van der Waals surface area contributed by atoms with E-state index in [2.05, 4.69) is 21.4 Å². The van der Waals surface area contributed by atoms with Crippen LogP contribution in [0, 0.1) is 10.1 Å². The molecular weight excluding hydrogens is 317 g/mol. The van der Waals surface area contributed by atoms with Crippen LogP contribution >= 0.6 is 33.0 Å². The summed E-state index contributed by atoms with van der Waals surface area (Å²) in [4.78, 5) is 20.0. The van der Waals surface area contributed by atoms with Crippen LogP contribution in [0.25, 0.3) is 0 Å². The van der Waals surface area contributed by atoms with Crippen molar-refractivity contribution >= 4 is 53.8 Å². The van der Waals surface area contributed by atoms with Gasteiger partial charge in [0.05, 0.1) is 15.5 Å². The van der Waals surface area contributed by atoms with Gasteiger partial charge >= 0.3 is 5.97 Å². The van der Waals surface area contributed by atoms with Crippen molar-refractivity contribution in [2.24, 2.45) is 0 Å². The lowest BCUT2D eigenvalue weighted by Crippen LogP contribution is -1.98. The summed E-state index contributed by atoms with van der Waals surface area (Å²) in [6.07, 6.45) is 0. The van der Waals surface area contributed by atoms with Gasteiger partial charge in [0.25, 0.3) is 5.69 Å². The van der Waals surface area contributed by atoms with Gasteiger partial charge < -0.3 is 5.11 Å². The highest BCUT2D eigenvalue weighted by Gasteiger charge is 2.13. The summed E-state index contributed by atoms with van der Waals surface area (Å²) in [5.41, 5.74) is -0.373. The van der Waals surface area contributed by atoms with Gasteiger partial charge in [-0.3, -0.25) is 10.1 Å². The van der Waals surface area contributed by atoms with Gasteiger partial charge in [0.15, 0.2) is 0 Å². The number of carbonyl (C=O) groups is 1. The van der Waals surface area contributed by atoms with E-state index in [-0.39, 0.29) is 16.3 Å². The van der Waals surface area contributed by atoms with Crippen LogP contribution in [0.4, 0.5) is 5.69 Å². The Morgan fingerprint density at radius 2 is 1.88 bits per heavy atom. The third-order valence-corrected chi connectivity index (χ3v) is 1.71. The molecule has 0 aliphatic heterocycles. The van der Waals surface area contributed by atoms with Crippen LogP contribution in [0.3, 0.4) is 0 Å². The lowest BCUT2D eigenvalue weighted by molar-refractivity contribution is -0.384. The van der Waals surface area contributed by atoms with Gasteiger partial charge in [0.2, 0.25) is 9.23 Å². The standard InChI is InChI=1S/C7H4ClNO4.Cl2OS/c8-6-3-4(9(12)13)1-2-5(6)7(10)11;1-4(2)3/h1-3H,(H,10,11);. The number of nitrogens with zero attached hydrogens (tertiary/aromatic N) is 1. The van der Waals surface area contributed by atoms with Crippen molar-refractivity contribution in [3.05, 3.63) is 38.9 Å². The van der Waals surface area contributed by atoms with Crippen molar-refractivity contribution in [2.45, 2.75) is 0 Å². The molecule has 1 N–H and O–H groups in total. The van der Waals surface area contributed by atoms with Gasteiger partial charge in [-0.05, 0) is 6.07 Å². The molecule has 10 heteroatoms. The first-order chi connectivity index (χ1) is 7.75. The molecule has 0 amide bonds. The molecule has 0 aliphatic carbocycles. The number of rotatable bonds is 2. The first-order valence-electron chi connectivity index (χ1n) is 3.67. The number of hydrogen-bond acceptors (Lipinski definition) is 4. The van der Waals surface area contributed by atoms with Crippen molar-refractivity contribution in [2.75, 3.05) is 0 Å². The van der Waals surface area contributed by atoms with Crippen LogP contribution in [-0.4, -0.2) is 20.2 Å². The highest BCUT2D eigenvalue weighted by atomic mass is 36.0. The minimum absolute atomic E-state index is 0.137. The Bertz CT molecular complexity index is 463. The molecule has 0 atom stereocenters. The second-order valence-electron chi connectivity index (χ2n) is 2.41. The molecule has 0 unspecified atom stereocenters. The Labute approximate surface area is 112 Å². The van der Waals surface area contributed by atoms with E-state index in [1.54, 1.807) is 0 Å². The summed E-state index contributed by atoms with van der Waals surface area (Å²) in [5.74, 6) is -1.21. The Balaban J connectivity index is 0.000000557.